The zero-order valence-electron chi connectivity index (χ0n) is 12.9. The van der Waals surface area contributed by atoms with Crippen LogP contribution >= 0.6 is 15.9 Å². The smallest absolute Gasteiger partial charge is 0.225 e. The van der Waals surface area contributed by atoms with Gasteiger partial charge in [0.15, 0.2) is 0 Å². The number of hydrogen-bond donors (Lipinski definition) is 2. The van der Waals surface area contributed by atoms with E-state index < -0.39 is 0 Å². The Morgan fingerprint density at radius 3 is 2.86 bits per heavy atom. The minimum absolute atomic E-state index is 0.0621. The summed E-state index contributed by atoms with van der Waals surface area (Å²) in [6.07, 6.45) is 4.89. The Labute approximate surface area is 135 Å². The van der Waals surface area contributed by atoms with Gasteiger partial charge in [0.25, 0.3) is 0 Å². The van der Waals surface area contributed by atoms with Crippen LogP contribution in [0.3, 0.4) is 0 Å². The molecule has 1 fully saturated rings. The van der Waals surface area contributed by atoms with Crippen LogP contribution in [-0.2, 0) is 11.2 Å². The molecule has 1 aromatic carbocycles. The van der Waals surface area contributed by atoms with Crippen LogP contribution < -0.4 is 11.1 Å². The van der Waals surface area contributed by atoms with E-state index in [2.05, 4.69) is 27.3 Å². The fraction of sp³-hybridized carbons (Fsp3) is 0.588. The molecule has 0 bridgehead atoms. The summed E-state index contributed by atoms with van der Waals surface area (Å²) in [5.41, 5.74) is 7.15. The number of nitrogens with one attached hydrogen (secondary N) is 1. The van der Waals surface area contributed by atoms with Crippen LogP contribution in [0.25, 0.3) is 0 Å². The molecule has 3 N–H and O–H groups in total. The van der Waals surface area contributed by atoms with E-state index in [9.17, 15) is 4.79 Å². The van der Waals surface area contributed by atoms with Gasteiger partial charge in [0.2, 0.25) is 5.91 Å². The molecule has 0 saturated heterocycles. The third-order valence-corrected chi connectivity index (χ3v) is 5.22. The van der Waals surface area contributed by atoms with Gasteiger partial charge in [0.1, 0.15) is 0 Å². The van der Waals surface area contributed by atoms with Crippen molar-refractivity contribution in [2.75, 3.05) is 0 Å². The van der Waals surface area contributed by atoms with Crippen LogP contribution in [0, 0.1) is 5.92 Å². The molecule has 0 aromatic heterocycles. The second-order valence-electron chi connectivity index (χ2n) is 6.51. The molecule has 21 heavy (non-hydrogen) atoms. The Balaban J connectivity index is 1.94. The summed E-state index contributed by atoms with van der Waals surface area (Å²) in [7, 11) is 0. The maximum absolute atomic E-state index is 12.5. The fourth-order valence-electron chi connectivity index (χ4n) is 3.18. The van der Waals surface area contributed by atoms with Crippen molar-refractivity contribution in [2.24, 2.45) is 11.7 Å². The standard InChI is InChI=1S/C17H25BrN2O/c1-12(11-13-7-3-4-9-15(13)18)20-16(21)14-8-5-6-10-17(14,2)19/h3-4,7,9,12,14H,5-6,8,10-11,19H2,1-2H3,(H,20,21). The lowest BCUT2D eigenvalue weighted by Crippen LogP contribution is -2.54. The summed E-state index contributed by atoms with van der Waals surface area (Å²) in [5, 5.41) is 3.14. The highest BCUT2D eigenvalue weighted by molar-refractivity contribution is 9.10. The first-order valence-electron chi connectivity index (χ1n) is 7.73. The molecule has 2 rings (SSSR count). The monoisotopic (exact) mass is 352 g/mol. The lowest BCUT2D eigenvalue weighted by atomic mass is 9.74. The van der Waals surface area contributed by atoms with Crippen molar-refractivity contribution >= 4 is 21.8 Å². The molecule has 0 spiro atoms. The van der Waals surface area contributed by atoms with Gasteiger partial charge < -0.3 is 11.1 Å². The van der Waals surface area contributed by atoms with Crippen molar-refractivity contribution in [3.05, 3.63) is 34.3 Å². The molecule has 1 aromatic rings. The number of nitrogens with two attached hydrogens (primary N) is 1. The van der Waals surface area contributed by atoms with Crippen LogP contribution in [0.1, 0.15) is 45.1 Å². The van der Waals surface area contributed by atoms with Gasteiger partial charge in [0.05, 0.1) is 5.92 Å². The highest BCUT2D eigenvalue weighted by Gasteiger charge is 2.37. The molecule has 0 heterocycles. The first-order valence-corrected chi connectivity index (χ1v) is 8.52. The second-order valence-corrected chi connectivity index (χ2v) is 7.36. The van der Waals surface area contributed by atoms with Crippen molar-refractivity contribution in [3.63, 3.8) is 0 Å². The Morgan fingerprint density at radius 1 is 1.48 bits per heavy atom. The average molecular weight is 353 g/mol. The Kier molecular flexibility index (Phi) is 5.44. The van der Waals surface area contributed by atoms with Crippen molar-refractivity contribution in [3.8, 4) is 0 Å². The van der Waals surface area contributed by atoms with Gasteiger partial charge in [-0.05, 0) is 44.7 Å². The summed E-state index contributed by atoms with van der Waals surface area (Å²) in [4.78, 5) is 12.5. The van der Waals surface area contributed by atoms with Crippen molar-refractivity contribution in [2.45, 2.75) is 57.5 Å². The van der Waals surface area contributed by atoms with Crippen molar-refractivity contribution in [1.29, 1.82) is 0 Å². The predicted octanol–water partition coefficient (Wildman–Crippen LogP) is 3.40. The third-order valence-electron chi connectivity index (χ3n) is 4.44. The SMILES string of the molecule is CC(Cc1ccccc1Br)NC(=O)C1CCCCC1(C)N. The highest BCUT2D eigenvalue weighted by atomic mass is 79.9. The van der Waals surface area contributed by atoms with Crippen LogP contribution in [-0.4, -0.2) is 17.5 Å². The van der Waals surface area contributed by atoms with Crippen LogP contribution in [0.5, 0.6) is 0 Å². The summed E-state index contributed by atoms with van der Waals surface area (Å²) < 4.78 is 1.09. The number of carbonyl (C=O) groups excluding carboxylic acids is 1. The molecule has 1 aliphatic rings. The first-order chi connectivity index (χ1) is 9.90. The van der Waals surface area contributed by atoms with E-state index >= 15 is 0 Å². The van der Waals surface area contributed by atoms with Gasteiger partial charge in [-0.3, -0.25) is 4.79 Å². The topological polar surface area (TPSA) is 55.1 Å². The molecule has 116 valence electrons. The van der Waals surface area contributed by atoms with E-state index in [0.717, 1.165) is 36.6 Å². The molecule has 0 aliphatic heterocycles. The molecular formula is C17H25BrN2O. The molecule has 1 saturated carbocycles. The Morgan fingerprint density at radius 2 is 2.19 bits per heavy atom. The number of carbonyl (C=O) groups is 1. The minimum atomic E-state index is -0.366. The summed E-state index contributed by atoms with van der Waals surface area (Å²) in [6, 6.07) is 8.24. The molecule has 1 amide bonds. The first kappa shape index (κ1) is 16.5. The second kappa shape index (κ2) is 6.93. The Hall–Kier alpha value is -0.870. The number of hydrogen-bond acceptors (Lipinski definition) is 2. The maximum atomic E-state index is 12.5. The third kappa shape index (κ3) is 4.30. The molecule has 3 nitrogen and oxygen atoms in total. The summed E-state index contributed by atoms with van der Waals surface area (Å²) in [6.45, 7) is 4.06. The molecular weight excluding hydrogens is 328 g/mol. The number of benzene rings is 1. The fourth-order valence-corrected chi connectivity index (χ4v) is 3.62. The van der Waals surface area contributed by atoms with Crippen LogP contribution in [0.2, 0.25) is 0 Å². The zero-order valence-corrected chi connectivity index (χ0v) is 14.4. The highest BCUT2D eigenvalue weighted by Crippen LogP contribution is 2.31. The molecule has 0 radical (unpaired) electrons. The predicted molar refractivity (Wildman–Crippen MR) is 90.0 cm³/mol. The van der Waals surface area contributed by atoms with E-state index in [1.165, 1.54) is 5.56 Å². The number of amides is 1. The van der Waals surface area contributed by atoms with Gasteiger partial charge in [-0.15, -0.1) is 0 Å². The van der Waals surface area contributed by atoms with Crippen molar-refractivity contribution < 1.29 is 4.79 Å². The van der Waals surface area contributed by atoms with Gasteiger partial charge >= 0.3 is 0 Å². The lowest BCUT2D eigenvalue weighted by Gasteiger charge is -2.37. The number of rotatable bonds is 4. The summed E-state index contributed by atoms with van der Waals surface area (Å²) >= 11 is 3.55. The molecule has 3 unspecified atom stereocenters. The minimum Gasteiger partial charge on any atom is -0.353 e. The van der Waals surface area contributed by atoms with Gasteiger partial charge in [-0.25, -0.2) is 0 Å². The maximum Gasteiger partial charge on any atom is 0.225 e. The summed E-state index contributed by atoms with van der Waals surface area (Å²) in [5.74, 6) is 0.0483. The van der Waals surface area contributed by atoms with E-state index in [-0.39, 0.29) is 23.4 Å². The zero-order chi connectivity index (χ0) is 15.5. The number of halogens is 1. The van der Waals surface area contributed by atoms with Gasteiger partial charge in [-0.1, -0.05) is 47.0 Å². The molecule has 1 aliphatic carbocycles. The normalized spacial score (nSPS) is 27.1. The Bertz CT molecular complexity index is 501. The van der Waals surface area contributed by atoms with Gasteiger partial charge in [-0.2, -0.15) is 0 Å². The quantitative estimate of drug-likeness (QED) is 0.872. The van der Waals surface area contributed by atoms with E-state index in [1.54, 1.807) is 0 Å². The van der Waals surface area contributed by atoms with Crippen LogP contribution in [0.4, 0.5) is 0 Å². The van der Waals surface area contributed by atoms with Crippen molar-refractivity contribution in [1.82, 2.24) is 5.32 Å². The van der Waals surface area contributed by atoms with E-state index in [1.807, 2.05) is 32.0 Å². The van der Waals surface area contributed by atoms with Crippen LogP contribution in [0.15, 0.2) is 28.7 Å². The van der Waals surface area contributed by atoms with E-state index in [4.69, 9.17) is 5.73 Å². The molecule has 4 heteroatoms. The average Bonchev–Trinajstić information content (AvgIpc) is 2.40. The lowest BCUT2D eigenvalue weighted by molar-refractivity contribution is -0.128. The van der Waals surface area contributed by atoms with E-state index in [0.29, 0.717) is 0 Å². The van der Waals surface area contributed by atoms with Gasteiger partial charge in [0, 0.05) is 16.1 Å². The largest absolute Gasteiger partial charge is 0.353 e. The molecule has 3 atom stereocenters.